The molecule has 0 radical (unpaired) electrons. The van der Waals surface area contributed by atoms with Gasteiger partial charge in [-0.25, -0.2) is 4.98 Å². The first-order valence-electron chi connectivity index (χ1n) is 16.0. The molecule has 41 heavy (non-hydrogen) atoms. The van der Waals surface area contributed by atoms with Crippen LogP contribution in [0.15, 0.2) is 42.5 Å². The van der Waals surface area contributed by atoms with Gasteiger partial charge in [-0.05, 0) is 127 Å². The number of imidazole rings is 1. The molecule has 224 valence electrons. The maximum Gasteiger partial charge on any atom is 0.148 e. The molecule has 0 unspecified atom stereocenters. The van der Waals surface area contributed by atoms with Crippen LogP contribution in [-0.4, -0.2) is 82.7 Å². The fourth-order valence-electron chi connectivity index (χ4n) is 6.58. The van der Waals surface area contributed by atoms with Gasteiger partial charge in [-0.2, -0.15) is 0 Å². The number of aryl methyl sites for hydroxylation is 2. The van der Waals surface area contributed by atoms with E-state index in [1.54, 1.807) is 0 Å². The van der Waals surface area contributed by atoms with Crippen LogP contribution in [0.25, 0.3) is 11.0 Å². The molecular formula is C34H50ClN5O. The van der Waals surface area contributed by atoms with E-state index in [-0.39, 0.29) is 0 Å². The summed E-state index contributed by atoms with van der Waals surface area (Å²) in [6, 6.07) is 14.7. The molecule has 6 nitrogen and oxygen atoms in total. The molecule has 0 saturated carbocycles. The number of halogens is 1. The van der Waals surface area contributed by atoms with Gasteiger partial charge in [0.05, 0.1) is 11.0 Å². The van der Waals surface area contributed by atoms with E-state index in [1.165, 1.54) is 102 Å². The minimum Gasteiger partial charge on any atom is -0.486 e. The Bertz CT molecular complexity index is 1210. The zero-order chi connectivity index (χ0) is 28.6. The number of aromatic nitrogens is 2. The van der Waals surface area contributed by atoms with E-state index in [0.29, 0.717) is 12.6 Å². The number of nitrogens with zero attached hydrogens (tertiary/aromatic N) is 5. The number of hydrogen-bond acceptors (Lipinski definition) is 5. The zero-order valence-electron chi connectivity index (χ0n) is 25.5. The third-order valence-electron chi connectivity index (χ3n) is 9.28. The van der Waals surface area contributed by atoms with Gasteiger partial charge in [0.15, 0.2) is 0 Å². The molecule has 2 aliphatic heterocycles. The van der Waals surface area contributed by atoms with Gasteiger partial charge in [0, 0.05) is 43.8 Å². The van der Waals surface area contributed by atoms with Gasteiger partial charge in [-0.15, -0.1) is 0 Å². The third-order valence-corrected chi connectivity index (χ3v) is 9.53. The van der Waals surface area contributed by atoms with E-state index in [4.69, 9.17) is 21.3 Å². The van der Waals surface area contributed by atoms with Crippen molar-refractivity contribution in [2.75, 3.05) is 52.4 Å². The summed E-state index contributed by atoms with van der Waals surface area (Å²) in [7, 11) is 0. The Morgan fingerprint density at radius 1 is 0.854 bits per heavy atom. The van der Waals surface area contributed by atoms with Crippen LogP contribution < -0.4 is 4.74 Å². The summed E-state index contributed by atoms with van der Waals surface area (Å²) >= 11 is 6.04. The summed E-state index contributed by atoms with van der Waals surface area (Å²) in [6.45, 7) is 18.3. The summed E-state index contributed by atoms with van der Waals surface area (Å²) in [4.78, 5) is 13.0. The molecule has 2 saturated heterocycles. The van der Waals surface area contributed by atoms with Gasteiger partial charge in [-0.3, -0.25) is 4.90 Å². The molecule has 0 N–H and O–H groups in total. The second-order valence-corrected chi connectivity index (χ2v) is 12.9. The normalized spacial score (nSPS) is 18.1. The first kappa shape index (κ1) is 30.3. The van der Waals surface area contributed by atoms with Gasteiger partial charge in [0.1, 0.15) is 18.2 Å². The number of rotatable bonds is 13. The molecule has 0 atom stereocenters. The molecule has 5 rings (SSSR count). The second-order valence-electron chi connectivity index (χ2n) is 12.5. The minimum absolute atomic E-state index is 0.461. The predicted octanol–water partition coefficient (Wildman–Crippen LogP) is 6.88. The van der Waals surface area contributed by atoms with E-state index < -0.39 is 0 Å². The van der Waals surface area contributed by atoms with Crippen LogP contribution in [0.5, 0.6) is 5.75 Å². The number of piperidine rings is 1. The van der Waals surface area contributed by atoms with Gasteiger partial charge >= 0.3 is 0 Å². The highest BCUT2D eigenvalue weighted by atomic mass is 35.5. The lowest BCUT2D eigenvalue weighted by Crippen LogP contribution is -2.49. The number of unbranched alkanes of at least 4 members (excludes halogenated alkanes) is 1. The molecule has 1 aromatic heterocycles. The van der Waals surface area contributed by atoms with E-state index in [0.717, 1.165) is 34.6 Å². The monoisotopic (exact) mass is 579 g/mol. The van der Waals surface area contributed by atoms with Crippen LogP contribution in [0.2, 0.25) is 5.02 Å². The van der Waals surface area contributed by atoms with Crippen molar-refractivity contribution in [3.05, 3.63) is 58.9 Å². The number of likely N-dealkylation sites (tertiary alicyclic amines) is 1. The molecule has 2 aliphatic rings. The highest BCUT2D eigenvalue weighted by Gasteiger charge is 2.21. The van der Waals surface area contributed by atoms with Crippen LogP contribution in [0, 0.1) is 12.8 Å². The Hall–Kier alpha value is -2.12. The van der Waals surface area contributed by atoms with Crippen molar-refractivity contribution in [2.45, 2.75) is 78.5 Å². The van der Waals surface area contributed by atoms with Crippen molar-refractivity contribution in [3.63, 3.8) is 0 Å². The van der Waals surface area contributed by atoms with Crippen molar-refractivity contribution in [1.82, 2.24) is 24.3 Å². The summed E-state index contributed by atoms with van der Waals surface area (Å²) in [6.07, 6.45) is 7.83. The fourth-order valence-corrected chi connectivity index (χ4v) is 6.71. The molecular weight excluding hydrogens is 530 g/mol. The number of piperazine rings is 1. The zero-order valence-corrected chi connectivity index (χ0v) is 26.3. The maximum atomic E-state index is 6.10. The van der Waals surface area contributed by atoms with Crippen LogP contribution in [0.1, 0.15) is 63.8 Å². The Balaban J connectivity index is 1.03. The fraction of sp³-hybridized carbons (Fsp3) is 0.618. The largest absolute Gasteiger partial charge is 0.486 e. The van der Waals surface area contributed by atoms with Gasteiger partial charge in [0.2, 0.25) is 0 Å². The van der Waals surface area contributed by atoms with Crippen molar-refractivity contribution < 1.29 is 4.74 Å². The Labute approximate surface area is 252 Å². The van der Waals surface area contributed by atoms with Crippen molar-refractivity contribution in [2.24, 2.45) is 5.92 Å². The van der Waals surface area contributed by atoms with Crippen LogP contribution in [-0.2, 0) is 13.2 Å². The Morgan fingerprint density at radius 2 is 1.54 bits per heavy atom. The lowest BCUT2D eigenvalue weighted by molar-refractivity contribution is 0.105. The number of fused-ring (bicyclic) bond motifs is 1. The SMILES string of the molecule is Cc1cccc2c1nc(COc1ccc(Cl)cc1)n2CCCC1CCN(CCCCN2CCN(C(C)C)CC2)CC1. The quantitative estimate of drug-likeness (QED) is 0.206. The lowest BCUT2D eigenvalue weighted by Gasteiger charge is -2.37. The first-order chi connectivity index (χ1) is 20.0. The summed E-state index contributed by atoms with van der Waals surface area (Å²) < 4.78 is 8.49. The van der Waals surface area contributed by atoms with Crippen molar-refractivity contribution >= 4 is 22.6 Å². The molecule has 0 amide bonds. The summed E-state index contributed by atoms with van der Waals surface area (Å²) in [5.74, 6) is 2.66. The Kier molecular flexibility index (Phi) is 11.0. The topological polar surface area (TPSA) is 36.8 Å². The molecule has 3 aromatic rings. The number of hydrogen-bond donors (Lipinski definition) is 0. The highest BCUT2D eigenvalue weighted by Crippen LogP contribution is 2.26. The lowest BCUT2D eigenvalue weighted by atomic mass is 9.92. The van der Waals surface area contributed by atoms with Crippen molar-refractivity contribution in [1.29, 1.82) is 0 Å². The number of para-hydroxylation sites is 1. The van der Waals surface area contributed by atoms with Gasteiger partial charge in [-0.1, -0.05) is 23.7 Å². The molecule has 2 aromatic carbocycles. The summed E-state index contributed by atoms with van der Waals surface area (Å²) in [5.41, 5.74) is 3.53. The van der Waals surface area contributed by atoms with E-state index in [2.05, 4.69) is 58.2 Å². The molecule has 0 bridgehead atoms. The summed E-state index contributed by atoms with van der Waals surface area (Å²) in [5, 5.41) is 0.720. The number of benzene rings is 2. The molecule has 7 heteroatoms. The van der Waals surface area contributed by atoms with Crippen LogP contribution >= 0.6 is 11.6 Å². The van der Waals surface area contributed by atoms with E-state index in [1.807, 2.05) is 24.3 Å². The predicted molar refractivity (Wildman–Crippen MR) is 171 cm³/mol. The van der Waals surface area contributed by atoms with Gasteiger partial charge < -0.3 is 19.1 Å². The molecule has 3 heterocycles. The van der Waals surface area contributed by atoms with Crippen molar-refractivity contribution in [3.8, 4) is 5.75 Å². The number of ether oxygens (including phenoxy) is 1. The Morgan fingerprint density at radius 3 is 2.22 bits per heavy atom. The average Bonchev–Trinajstić information content (AvgIpc) is 3.34. The van der Waals surface area contributed by atoms with E-state index >= 15 is 0 Å². The van der Waals surface area contributed by atoms with E-state index in [9.17, 15) is 0 Å². The maximum absolute atomic E-state index is 6.10. The van der Waals surface area contributed by atoms with Gasteiger partial charge in [0.25, 0.3) is 0 Å². The minimum atomic E-state index is 0.461. The average molecular weight is 580 g/mol. The standard InChI is InChI=1S/C34H50ClN5O/c1-27(2)39-24-22-38(23-25-39)18-5-4-17-37-20-15-29(16-21-37)9-7-19-40-32-10-6-8-28(3)34(32)36-33(40)26-41-31-13-11-30(35)12-14-31/h6,8,10-14,27,29H,4-5,7,9,15-26H2,1-3H3. The van der Waals surface area contributed by atoms with Crippen LogP contribution in [0.3, 0.4) is 0 Å². The molecule has 0 spiro atoms. The molecule has 2 fully saturated rings. The second kappa shape index (κ2) is 14.9. The van der Waals surface area contributed by atoms with Crippen LogP contribution in [0.4, 0.5) is 0 Å². The first-order valence-corrected chi connectivity index (χ1v) is 16.4. The smallest absolute Gasteiger partial charge is 0.148 e. The highest BCUT2D eigenvalue weighted by molar-refractivity contribution is 6.30. The molecule has 0 aliphatic carbocycles. The third kappa shape index (κ3) is 8.47.